The van der Waals surface area contributed by atoms with Gasteiger partial charge in [0.25, 0.3) is 0 Å². The van der Waals surface area contributed by atoms with E-state index in [-0.39, 0.29) is 51.5 Å². The minimum Gasteiger partial charge on any atom is -0.494 e. The largest absolute Gasteiger partial charge is 0.494 e. The van der Waals surface area contributed by atoms with E-state index in [1.165, 1.54) is 57.5 Å². The molecule has 0 saturated heterocycles. The molecule has 0 aliphatic rings. The number of rotatable bonds is 11. The molecule has 0 fully saturated rings. The summed E-state index contributed by atoms with van der Waals surface area (Å²) in [6.07, 6.45) is -6.98. The topological polar surface area (TPSA) is 95.0 Å². The normalized spacial score (nSPS) is 12.9. The Hall–Kier alpha value is -3.70. The van der Waals surface area contributed by atoms with Gasteiger partial charge in [0.15, 0.2) is 23.1 Å². The Balaban J connectivity index is 1.93. The fourth-order valence-corrected chi connectivity index (χ4v) is 3.87. The second-order valence-corrected chi connectivity index (χ2v) is 8.92. The van der Waals surface area contributed by atoms with Crippen LogP contribution in [0.2, 0.25) is 5.02 Å². The molecule has 1 aromatic heterocycles. The van der Waals surface area contributed by atoms with E-state index in [2.05, 4.69) is 4.98 Å². The van der Waals surface area contributed by atoms with E-state index in [4.69, 9.17) is 25.8 Å². The lowest BCUT2D eigenvalue weighted by Gasteiger charge is -2.30. The summed E-state index contributed by atoms with van der Waals surface area (Å²) >= 11 is 5.82. The average Bonchev–Trinajstić information content (AvgIpc) is 2.90. The van der Waals surface area contributed by atoms with Gasteiger partial charge in [0.1, 0.15) is 23.9 Å². The van der Waals surface area contributed by atoms with Crippen molar-refractivity contribution in [3.8, 4) is 28.5 Å². The van der Waals surface area contributed by atoms with Crippen molar-refractivity contribution in [2.24, 2.45) is 0 Å². The molecule has 7 nitrogen and oxygen atoms in total. The van der Waals surface area contributed by atoms with E-state index in [0.717, 1.165) is 12.1 Å². The molecule has 208 valence electrons. The summed E-state index contributed by atoms with van der Waals surface area (Å²) in [5.74, 6) is -1.37. The molecule has 1 heterocycles. The number of ether oxygens (including phenoxy) is 3. The predicted octanol–water partition coefficient (Wildman–Crippen LogP) is 5.94. The van der Waals surface area contributed by atoms with Gasteiger partial charge in [-0.15, -0.1) is 0 Å². The van der Waals surface area contributed by atoms with Crippen LogP contribution in [-0.2, 0) is 10.4 Å². The van der Waals surface area contributed by atoms with Crippen LogP contribution < -0.4 is 14.2 Å². The first kappa shape index (κ1) is 29.9. The quantitative estimate of drug-likeness (QED) is 0.226. The molecule has 1 N–H and O–H groups in total. The zero-order chi connectivity index (χ0) is 29.0. The number of hydrogen-bond donors (Lipinski definition) is 1. The molecule has 1 unspecified atom stereocenters. The third kappa shape index (κ3) is 6.66. The molecule has 12 heteroatoms. The number of nitrogens with zero attached hydrogens (tertiary/aromatic N) is 1. The number of aromatic nitrogens is 1. The molecule has 3 aromatic rings. The van der Waals surface area contributed by atoms with Gasteiger partial charge >= 0.3 is 6.18 Å². The zero-order valence-corrected chi connectivity index (χ0v) is 21.8. The van der Waals surface area contributed by atoms with Crippen LogP contribution in [0.15, 0.2) is 48.5 Å². The number of Topliss-reactive ketones (excluding diaryl/α,β-unsaturated/α-hetero) is 2. The van der Waals surface area contributed by atoms with Crippen LogP contribution in [0, 0.1) is 5.82 Å². The van der Waals surface area contributed by atoms with Gasteiger partial charge in [-0.1, -0.05) is 11.6 Å². The van der Waals surface area contributed by atoms with Gasteiger partial charge in [0.05, 0.1) is 24.9 Å². The van der Waals surface area contributed by atoms with Gasteiger partial charge in [-0.05, 0) is 61.9 Å². The number of benzene rings is 2. The molecule has 39 heavy (non-hydrogen) atoms. The van der Waals surface area contributed by atoms with Crippen molar-refractivity contribution in [1.82, 2.24) is 4.98 Å². The zero-order valence-electron chi connectivity index (χ0n) is 21.1. The van der Waals surface area contributed by atoms with Gasteiger partial charge in [0.2, 0.25) is 5.60 Å². The highest BCUT2D eigenvalue weighted by Gasteiger charge is 2.56. The summed E-state index contributed by atoms with van der Waals surface area (Å²) in [4.78, 5) is 28.0. The van der Waals surface area contributed by atoms with E-state index in [0.29, 0.717) is 0 Å². The van der Waals surface area contributed by atoms with Crippen molar-refractivity contribution in [1.29, 1.82) is 0 Å². The monoisotopic (exact) mass is 569 g/mol. The van der Waals surface area contributed by atoms with Crippen LogP contribution in [-0.4, -0.2) is 48.7 Å². The van der Waals surface area contributed by atoms with E-state index in [9.17, 15) is 32.3 Å². The minimum absolute atomic E-state index is 0.0101. The third-order valence-corrected chi connectivity index (χ3v) is 6.08. The second kappa shape index (κ2) is 12.0. The summed E-state index contributed by atoms with van der Waals surface area (Å²) in [6, 6.07) is 9.50. The van der Waals surface area contributed by atoms with Gasteiger partial charge < -0.3 is 19.3 Å². The number of aliphatic hydroxyl groups is 1. The Labute approximate surface area is 226 Å². The molecule has 3 rings (SSSR count). The SMILES string of the molecule is COc1cc(C(=O)CCC(O)(c2ccc(OC)c(-c3ccc(F)c(Cl)c3)n2)C(F)(F)F)ccc1OCC(C)=O. The van der Waals surface area contributed by atoms with Crippen LogP contribution in [0.25, 0.3) is 11.3 Å². The number of alkyl halides is 3. The van der Waals surface area contributed by atoms with Crippen LogP contribution in [0.5, 0.6) is 17.2 Å². The highest BCUT2D eigenvalue weighted by Crippen LogP contribution is 2.44. The van der Waals surface area contributed by atoms with Crippen molar-refractivity contribution in [2.45, 2.75) is 31.5 Å². The number of carbonyl (C=O) groups excluding carboxylic acids is 2. The number of halogens is 5. The van der Waals surface area contributed by atoms with E-state index >= 15 is 0 Å². The number of ketones is 2. The maximum atomic E-state index is 14.2. The third-order valence-electron chi connectivity index (χ3n) is 5.79. The second-order valence-electron chi connectivity index (χ2n) is 8.51. The molecule has 0 saturated carbocycles. The Kier molecular flexibility index (Phi) is 9.18. The highest BCUT2D eigenvalue weighted by atomic mass is 35.5. The fraction of sp³-hybridized carbons (Fsp3) is 0.296. The molecule has 0 aliphatic heterocycles. The van der Waals surface area contributed by atoms with Crippen molar-refractivity contribution in [2.75, 3.05) is 20.8 Å². The number of pyridine rings is 1. The molecule has 1 atom stereocenters. The summed E-state index contributed by atoms with van der Waals surface area (Å²) in [5, 5.41) is 10.6. The molecule has 0 amide bonds. The van der Waals surface area contributed by atoms with Crippen LogP contribution >= 0.6 is 11.6 Å². The Morgan fingerprint density at radius 2 is 1.64 bits per heavy atom. The average molecular weight is 570 g/mol. The van der Waals surface area contributed by atoms with E-state index in [1.807, 2.05) is 0 Å². The fourth-order valence-electron chi connectivity index (χ4n) is 3.69. The Morgan fingerprint density at radius 3 is 2.23 bits per heavy atom. The summed E-state index contributed by atoms with van der Waals surface area (Å²) in [5.41, 5.74) is -4.25. The Bertz CT molecular complexity index is 1380. The van der Waals surface area contributed by atoms with Gasteiger partial charge in [-0.3, -0.25) is 9.59 Å². The molecule has 0 radical (unpaired) electrons. The number of methoxy groups -OCH3 is 2. The van der Waals surface area contributed by atoms with Crippen LogP contribution in [0.4, 0.5) is 17.6 Å². The lowest BCUT2D eigenvalue weighted by molar-refractivity contribution is -0.270. The Morgan fingerprint density at radius 1 is 0.974 bits per heavy atom. The molecule has 0 bridgehead atoms. The highest BCUT2D eigenvalue weighted by molar-refractivity contribution is 6.31. The predicted molar refractivity (Wildman–Crippen MR) is 134 cm³/mol. The van der Waals surface area contributed by atoms with E-state index in [1.54, 1.807) is 0 Å². The molecule has 0 aliphatic carbocycles. The smallest absolute Gasteiger partial charge is 0.422 e. The van der Waals surface area contributed by atoms with Gasteiger partial charge in [-0.2, -0.15) is 13.2 Å². The first-order valence-corrected chi connectivity index (χ1v) is 11.8. The molecular weight excluding hydrogens is 546 g/mol. The van der Waals surface area contributed by atoms with Crippen molar-refractivity contribution >= 4 is 23.2 Å². The standard InChI is InChI=1S/C27H24ClF4NO6/c1-15(34)14-39-21-7-5-16(13-23(21)38-3)20(35)10-11-26(36,27(30,31)32)24-9-8-22(37-2)25(33-24)17-4-6-19(29)18(28)12-17/h4-9,12-13,36H,10-11,14H2,1-3H3. The summed E-state index contributed by atoms with van der Waals surface area (Å²) in [7, 11) is 2.57. The van der Waals surface area contributed by atoms with Crippen LogP contribution in [0.3, 0.4) is 0 Å². The minimum atomic E-state index is -5.21. The lowest BCUT2D eigenvalue weighted by Crippen LogP contribution is -2.43. The molecule has 2 aromatic carbocycles. The first-order valence-electron chi connectivity index (χ1n) is 11.4. The summed E-state index contributed by atoms with van der Waals surface area (Å²) < 4.78 is 72.0. The van der Waals surface area contributed by atoms with Crippen molar-refractivity contribution < 1.29 is 46.5 Å². The number of hydrogen-bond acceptors (Lipinski definition) is 7. The van der Waals surface area contributed by atoms with Gasteiger partial charge in [-0.25, -0.2) is 9.37 Å². The van der Waals surface area contributed by atoms with Gasteiger partial charge in [0, 0.05) is 17.5 Å². The van der Waals surface area contributed by atoms with Crippen LogP contribution in [0.1, 0.15) is 35.8 Å². The van der Waals surface area contributed by atoms with Crippen molar-refractivity contribution in [3.05, 3.63) is 70.6 Å². The molecule has 0 spiro atoms. The molecular formula is C27H24ClF4NO6. The lowest BCUT2D eigenvalue weighted by atomic mass is 9.89. The maximum Gasteiger partial charge on any atom is 0.422 e. The van der Waals surface area contributed by atoms with Crippen molar-refractivity contribution in [3.63, 3.8) is 0 Å². The maximum absolute atomic E-state index is 14.2. The van der Waals surface area contributed by atoms with E-state index < -0.39 is 41.9 Å². The summed E-state index contributed by atoms with van der Waals surface area (Å²) in [6.45, 7) is 1.09. The first-order chi connectivity index (χ1) is 18.3. The number of carbonyl (C=O) groups is 2.